The summed E-state index contributed by atoms with van der Waals surface area (Å²) in [5.74, 6) is -0.253. The predicted molar refractivity (Wildman–Crippen MR) is 139 cm³/mol. The number of nitrogens with one attached hydrogen (secondary N) is 2. The smallest absolute Gasteiger partial charge is 0.255 e. The summed E-state index contributed by atoms with van der Waals surface area (Å²) in [5, 5.41) is 7.71. The number of ether oxygens (including phenoxy) is 1. The molecule has 0 bridgehead atoms. The van der Waals surface area contributed by atoms with Gasteiger partial charge < -0.3 is 19.9 Å². The lowest BCUT2D eigenvalue weighted by Crippen LogP contribution is -2.32. The van der Waals surface area contributed by atoms with E-state index in [2.05, 4.69) is 41.0 Å². The highest BCUT2D eigenvalue weighted by atomic mass is 19.1. The Hall–Kier alpha value is -3.32. The zero-order valence-electron chi connectivity index (χ0n) is 20.1. The Morgan fingerprint density at radius 3 is 2.37 bits per heavy atom. The van der Waals surface area contributed by atoms with E-state index in [9.17, 15) is 9.18 Å². The van der Waals surface area contributed by atoms with Crippen molar-refractivity contribution in [1.29, 1.82) is 0 Å². The summed E-state index contributed by atoms with van der Waals surface area (Å²) in [4.78, 5) is 13.5. The average Bonchev–Trinajstić information content (AvgIpc) is 2.87. The van der Waals surface area contributed by atoms with Crippen molar-refractivity contribution in [3.63, 3.8) is 0 Å². The van der Waals surface area contributed by atoms with Crippen molar-refractivity contribution in [2.45, 2.75) is 26.1 Å². The molecule has 0 saturated carbocycles. The first-order valence-corrected chi connectivity index (χ1v) is 12.0. The molecular weight excluding hydrogens is 441 g/mol. The van der Waals surface area contributed by atoms with Gasteiger partial charge in [-0.1, -0.05) is 54.6 Å². The topological polar surface area (TPSA) is 55.3 Å². The van der Waals surface area contributed by atoms with Crippen LogP contribution in [0.15, 0.2) is 83.7 Å². The molecule has 3 aromatic carbocycles. The minimum atomic E-state index is -0.253. The molecule has 35 heavy (non-hydrogen) atoms. The minimum absolute atomic E-state index is 0.00880. The number of methoxy groups -OCH3 is 1. The molecule has 0 aliphatic rings. The molecule has 5 nitrogen and oxygen atoms in total. The van der Waals surface area contributed by atoms with Crippen molar-refractivity contribution in [1.82, 2.24) is 15.2 Å². The van der Waals surface area contributed by atoms with Crippen LogP contribution in [0.2, 0.25) is 0 Å². The van der Waals surface area contributed by atoms with Crippen molar-refractivity contribution >= 4 is 10.9 Å². The molecule has 2 N–H and O–H groups in total. The maximum absolute atomic E-state index is 13.5. The van der Waals surface area contributed by atoms with Crippen LogP contribution in [-0.4, -0.2) is 31.4 Å². The van der Waals surface area contributed by atoms with Gasteiger partial charge in [0.2, 0.25) is 0 Å². The number of hydrogen-bond donors (Lipinski definition) is 2. The summed E-state index contributed by atoms with van der Waals surface area (Å²) in [6, 6.07) is 25.1. The third-order valence-corrected chi connectivity index (χ3v) is 6.04. The summed E-state index contributed by atoms with van der Waals surface area (Å²) in [6.07, 6.45) is 0.817. The van der Waals surface area contributed by atoms with Gasteiger partial charge in [-0.3, -0.25) is 4.79 Å². The molecule has 0 radical (unpaired) electrons. The standard InChI is InChI=1S/C29H32FN3O2/c1-35-16-14-31-13-15-33-28-18-24(17-22-5-3-2-4-6-22)7-10-25(28)19-26(29(33)34)21-32-20-23-8-11-27(30)12-9-23/h2-12,18-19,31-32H,13-17,20-21H2,1H3. The number of pyridine rings is 1. The lowest BCUT2D eigenvalue weighted by atomic mass is 10.0. The fraction of sp³-hybridized carbons (Fsp3) is 0.276. The molecule has 4 rings (SSSR count). The first kappa shape index (κ1) is 24.8. The van der Waals surface area contributed by atoms with E-state index in [1.807, 2.05) is 28.8 Å². The molecule has 0 aliphatic heterocycles. The van der Waals surface area contributed by atoms with Gasteiger partial charge in [-0.2, -0.15) is 0 Å². The molecule has 4 aromatic rings. The largest absolute Gasteiger partial charge is 0.383 e. The van der Waals surface area contributed by atoms with Gasteiger partial charge in [0.05, 0.1) is 12.1 Å². The Balaban J connectivity index is 1.57. The molecule has 0 atom stereocenters. The van der Waals surface area contributed by atoms with E-state index < -0.39 is 0 Å². The van der Waals surface area contributed by atoms with Crippen LogP contribution in [0.5, 0.6) is 0 Å². The number of benzene rings is 3. The van der Waals surface area contributed by atoms with E-state index >= 15 is 0 Å². The van der Waals surface area contributed by atoms with Gasteiger partial charge in [0.1, 0.15) is 5.82 Å². The highest BCUT2D eigenvalue weighted by Gasteiger charge is 2.11. The van der Waals surface area contributed by atoms with Crippen LogP contribution in [0.4, 0.5) is 4.39 Å². The lowest BCUT2D eigenvalue weighted by molar-refractivity contribution is 0.199. The summed E-state index contributed by atoms with van der Waals surface area (Å²) in [6.45, 7) is 3.61. The zero-order valence-corrected chi connectivity index (χ0v) is 20.1. The SMILES string of the molecule is COCCNCCn1c(=O)c(CNCc2ccc(F)cc2)cc2ccc(Cc3ccccc3)cc21. The number of halogens is 1. The molecule has 182 valence electrons. The number of nitrogens with zero attached hydrogens (tertiary/aromatic N) is 1. The second kappa shape index (κ2) is 12.4. The fourth-order valence-electron chi connectivity index (χ4n) is 4.20. The summed E-state index contributed by atoms with van der Waals surface area (Å²) in [7, 11) is 1.68. The quantitative estimate of drug-likeness (QED) is 0.302. The molecule has 0 unspecified atom stereocenters. The number of aromatic nitrogens is 1. The Labute approximate surface area is 205 Å². The van der Waals surface area contributed by atoms with E-state index in [-0.39, 0.29) is 11.4 Å². The number of rotatable bonds is 12. The third-order valence-electron chi connectivity index (χ3n) is 6.04. The molecule has 6 heteroatoms. The highest BCUT2D eigenvalue weighted by molar-refractivity contribution is 5.80. The second-order valence-electron chi connectivity index (χ2n) is 8.65. The molecule has 0 saturated heterocycles. The summed E-state index contributed by atoms with van der Waals surface area (Å²) < 4.78 is 20.1. The van der Waals surface area contributed by atoms with E-state index in [0.29, 0.717) is 38.3 Å². The predicted octanol–water partition coefficient (Wildman–Crippen LogP) is 4.26. The lowest BCUT2D eigenvalue weighted by Gasteiger charge is -2.15. The van der Waals surface area contributed by atoms with Crippen LogP contribution >= 0.6 is 0 Å². The van der Waals surface area contributed by atoms with Crippen molar-refractivity contribution in [2.75, 3.05) is 26.8 Å². The van der Waals surface area contributed by atoms with Gasteiger partial charge in [0, 0.05) is 45.4 Å². The van der Waals surface area contributed by atoms with E-state index in [1.165, 1.54) is 23.3 Å². The van der Waals surface area contributed by atoms with Crippen molar-refractivity contribution in [3.05, 3.63) is 117 Å². The Kier molecular flexibility index (Phi) is 8.79. The fourth-order valence-corrected chi connectivity index (χ4v) is 4.20. The molecule has 1 aromatic heterocycles. The van der Waals surface area contributed by atoms with E-state index in [1.54, 1.807) is 19.2 Å². The molecular formula is C29H32FN3O2. The van der Waals surface area contributed by atoms with Crippen LogP contribution in [0, 0.1) is 5.82 Å². The first-order valence-electron chi connectivity index (χ1n) is 12.0. The van der Waals surface area contributed by atoms with Gasteiger partial charge in [0.15, 0.2) is 0 Å². The van der Waals surface area contributed by atoms with Crippen LogP contribution in [0.3, 0.4) is 0 Å². The molecule has 0 fully saturated rings. The number of fused-ring (bicyclic) bond motifs is 1. The second-order valence-corrected chi connectivity index (χ2v) is 8.65. The maximum Gasteiger partial charge on any atom is 0.255 e. The summed E-state index contributed by atoms with van der Waals surface area (Å²) >= 11 is 0. The van der Waals surface area contributed by atoms with Gasteiger partial charge >= 0.3 is 0 Å². The van der Waals surface area contributed by atoms with E-state index in [4.69, 9.17) is 4.74 Å². The molecule has 0 amide bonds. The number of hydrogen-bond acceptors (Lipinski definition) is 4. The third kappa shape index (κ3) is 6.85. The van der Waals surface area contributed by atoms with Crippen LogP contribution in [0.1, 0.15) is 22.3 Å². The van der Waals surface area contributed by atoms with Gasteiger partial charge in [0.25, 0.3) is 5.56 Å². The van der Waals surface area contributed by atoms with Crippen molar-refractivity contribution < 1.29 is 9.13 Å². The Morgan fingerprint density at radius 1 is 0.829 bits per heavy atom. The van der Waals surface area contributed by atoms with Gasteiger partial charge in [-0.25, -0.2) is 4.39 Å². The Morgan fingerprint density at radius 2 is 1.60 bits per heavy atom. The normalized spacial score (nSPS) is 11.3. The zero-order chi connectivity index (χ0) is 24.5. The monoisotopic (exact) mass is 473 g/mol. The van der Waals surface area contributed by atoms with Gasteiger partial charge in [-0.15, -0.1) is 0 Å². The van der Waals surface area contributed by atoms with E-state index in [0.717, 1.165) is 29.4 Å². The van der Waals surface area contributed by atoms with Crippen LogP contribution in [-0.2, 0) is 30.8 Å². The minimum Gasteiger partial charge on any atom is -0.383 e. The van der Waals surface area contributed by atoms with Crippen LogP contribution in [0.25, 0.3) is 10.9 Å². The highest BCUT2D eigenvalue weighted by Crippen LogP contribution is 2.19. The summed E-state index contributed by atoms with van der Waals surface area (Å²) in [5.41, 5.74) is 5.05. The van der Waals surface area contributed by atoms with Crippen molar-refractivity contribution in [3.8, 4) is 0 Å². The first-order chi connectivity index (χ1) is 17.1. The average molecular weight is 474 g/mol. The molecule has 1 heterocycles. The molecule has 0 spiro atoms. The van der Waals surface area contributed by atoms with Crippen molar-refractivity contribution in [2.24, 2.45) is 0 Å². The van der Waals surface area contributed by atoms with Gasteiger partial charge in [-0.05, 0) is 52.8 Å². The van der Waals surface area contributed by atoms with Crippen LogP contribution < -0.4 is 16.2 Å². The molecule has 0 aliphatic carbocycles. The maximum atomic E-state index is 13.5. The Bertz CT molecular complexity index is 1290.